The van der Waals surface area contributed by atoms with Crippen LogP contribution in [0, 0.1) is 0 Å². The van der Waals surface area contributed by atoms with Crippen LogP contribution in [0.5, 0.6) is 0 Å². The summed E-state index contributed by atoms with van der Waals surface area (Å²) in [6.45, 7) is 5.70. The molecule has 25 heavy (non-hydrogen) atoms. The number of piperidine rings is 1. The molecule has 0 aliphatic carbocycles. The summed E-state index contributed by atoms with van der Waals surface area (Å²) < 4.78 is 3.84. The molecule has 2 aromatic rings. The Morgan fingerprint density at radius 2 is 2.32 bits per heavy atom. The maximum absolute atomic E-state index is 12.9. The van der Waals surface area contributed by atoms with E-state index in [-0.39, 0.29) is 5.91 Å². The lowest BCUT2D eigenvalue weighted by Crippen LogP contribution is -2.36. The molecule has 1 saturated heterocycles. The van der Waals surface area contributed by atoms with Gasteiger partial charge in [-0.2, -0.15) is 5.10 Å². The molecule has 3 rings (SSSR count). The second-order valence-electron chi connectivity index (χ2n) is 6.73. The van der Waals surface area contributed by atoms with Crippen LogP contribution in [-0.2, 0) is 24.9 Å². The van der Waals surface area contributed by atoms with Gasteiger partial charge in [0.1, 0.15) is 12.4 Å². The van der Waals surface area contributed by atoms with Crippen LogP contribution in [0.15, 0.2) is 24.7 Å². The van der Waals surface area contributed by atoms with Crippen LogP contribution in [0.2, 0.25) is 0 Å². The lowest BCUT2D eigenvalue weighted by molar-refractivity contribution is -0.132. The number of nitrogens with zero attached hydrogens (tertiary/aromatic N) is 5. The van der Waals surface area contributed by atoms with Crippen molar-refractivity contribution in [2.75, 3.05) is 19.6 Å². The van der Waals surface area contributed by atoms with Crippen molar-refractivity contribution in [1.82, 2.24) is 29.5 Å². The van der Waals surface area contributed by atoms with Gasteiger partial charge in [-0.25, -0.2) is 4.98 Å². The highest BCUT2D eigenvalue weighted by atomic mass is 16.2. The number of rotatable bonds is 7. The molecule has 136 valence electrons. The lowest BCUT2D eigenvalue weighted by atomic mass is 9.96. The van der Waals surface area contributed by atoms with Gasteiger partial charge in [0, 0.05) is 50.3 Å². The van der Waals surface area contributed by atoms with Crippen molar-refractivity contribution in [2.24, 2.45) is 7.05 Å². The van der Waals surface area contributed by atoms with Crippen LogP contribution in [0.1, 0.15) is 43.6 Å². The van der Waals surface area contributed by atoms with Crippen molar-refractivity contribution >= 4 is 5.91 Å². The zero-order chi connectivity index (χ0) is 17.6. The van der Waals surface area contributed by atoms with Crippen LogP contribution in [0.25, 0.3) is 0 Å². The van der Waals surface area contributed by atoms with Gasteiger partial charge < -0.3 is 14.8 Å². The number of hydrogen-bond acceptors (Lipinski definition) is 4. The Balaban J connectivity index is 1.69. The van der Waals surface area contributed by atoms with E-state index < -0.39 is 0 Å². The number of carbonyl (C=O) groups is 1. The van der Waals surface area contributed by atoms with Crippen LogP contribution in [0.4, 0.5) is 0 Å². The molecule has 7 heteroatoms. The molecule has 0 spiro atoms. The highest BCUT2D eigenvalue weighted by Gasteiger charge is 2.22. The molecule has 3 heterocycles. The Labute approximate surface area is 149 Å². The maximum atomic E-state index is 12.9. The van der Waals surface area contributed by atoms with Crippen molar-refractivity contribution in [1.29, 1.82) is 0 Å². The number of aryl methyl sites for hydroxylation is 1. The van der Waals surface area contributed by atoms with E-state index in [4.69, 9.17) is 0 Å². The summed E-state index contributed by atoms with van der Waals surface area (Å²) in [6.07, 6.45) is 8.73. The Morgan fingerprint density at radius 1 is 1.44 bits per heavy atom. The van der Waals surface area contributed by atoms with Crippen LogP contribution >= 0.6 is 0 Å². The number of amides is 1. The van der Waals surface area contributed by atoms with E-state index in [0.717, 1.165) is 44.0 Å². The highest BCUT2D eigenvalue weighted by Crippen LogP contribution is 2.23. The first-order valence-corrected chi connectivity index (χ1v) is 9.15. The minimum Gasteiger partial charge on any atom is -0.337 e. The molecule has 0 bridgehead atoms. The molecule has 1 N–H and O–H groups in total. The van der Waals surface area contributed by atoms with Crippen LogP contribution < -0.4 is 5.32 Å². The average molecular weight is 344 g/mol. The van der Waals surface area contributed by atoms with E-state index in [0.29, 0.717) is 19.0 Å². The van der Waals surface area contributed by atoms with Crippen molar-refractivity contribution in [2.45, 2.75) is 45.2 Å². The number of hydrogen-bond donors (Lipinski definition) is 1. The quantitative estimate of drug-likeness (QED) is 0.827. The third kappa shape index (κ3) is 4.28. The largest absolute Gasteiger partial charge is 0.337 e. The number of carbonyl (C=O) groups excluding carboxylic acids is 1. The summed E-state index contributed by atoms with van der Waals surface area (Å²) in [6, 6.07) is 2.05. The average Bonchev–Trinajstić information content (AvgIpc) is 3.24. The summed E-state index contributed by atoms with van der Waals surface area (Å²) in [7, 11) is 1.96. The lowest BCUT2D eigenvalue weighted by Gasteiger charge is -2.25. The van der Waals surface area contributed by atoms with Gasteiger partial charge in [0.2, 0.25) is 5.91 Å². The molecular formula is C18H28N6O. The molecule has 7 nitrogen and oxygen atoms in total. The van der Waals surface area contributed by atoms with Crippen molar-refractivity contribution in [3.63, 3.8) is 0 Å². The fourth-order valence-electron chi connectivity index (χ4n) is 3.44. The topological polar surface area (TPSA) is 68.0 Å². The maximum Gasteiger partial charge on any atom is 0.244 e. The molecule has 1 aliphatic heterocycles. The highest BCUT2D eigenvalue weighted by molar-refractivity contribution is 5.76. The van der Waals surface area contributed by atoms with Gasteiger partial charge in [-0.05, 0) is 31.9 Å². The molecular weight excluding hydrogens is 316 g/mol. The second kappa shape index (κ2) is 8.29. The fraction of sp³-hybridized carbons (Fsp3) is 0.611. The SMILES string of the molecule is CCCN(Cc1nccn1C)C(=O)Cn1nccc1[C@H]1CCCNC1. The number of imidazole rings is 1. The smallest absolute Gasteiger partial charge is 0.244 e. The molecule has 0 saturated carbocycles. The van der Waals surface area contributed by atoms with Gasteiger partial charge in [-0.3, -0.25) is 9.48 Å². The van der Waals surface area contributed by atoms with E-state index in [9.17, 15) is 4.79 Å². The summed E-state index contributed by atoms with van der Waals surface area (Å²) in [5.41, 5.74) is 1.16. The van der Waals surface area contributed by atoms with Gasteiger partial charge >= 0.3 is 0 Å². The fourth-order valence-corrected chi connectivity index (χ4v) is 3.44. The Bertz CT molecular complexity index is 685. The van der Waals surface area contributed by atoms with E-state index in [2.05, 4.69) is 22.3 Å². The summed E-state index contributed by atoms with van der Waals surface area (Å²) in [5, 5.41) is 7.84. The van der Waals surface area contributed by atoms with Crippen molar-refractivity contribution < 1.29 is 4.79 Å². The molecule has 1 atom stereocenters. The predicted octanol–water partition coefficient (Wildman–Crippen LogP) is 1.52. The monoisotopic (exact) mass is 344 g/mol. The van der Waals surface area contributed by atoms with Gasteiger partial charge in [-0.1, -0.05) is 6.92 Å². The number of nitrogens with one attached hydrogen (secondary N) is 1. The minimum atomic E-state index is 0.0959. The Morgan fingerprint density at radius 3 is 3.00 bits per heavy atom. The normalized spacial score (nSPS) is 17.6. The first-order valence-electron chi connectivity index (χ1n) is 9.15. The molecule has 0 radical (unpaired) electrons. The minimum absolute atomic E-state index is 0.0959. The van der Waals surface area contributed by atoms with Crippen molar-refractivity contribution in [3.8, 4) is 0 Å². The molecule has 0 unspecified atom stereocenters. The Hall–Kier alpha value is -2.15. The zero-order valence-corrected chi connectivity index (χ0v) is 15.2. The van der Waals surface area contributed by atoms with E-state index in [1.54, 1.807) is 12.4 Å². The Kier molecular flexibility index (Phi) is 5.86. The molecule has 1 amide bonds. The third-order valence-electron chi connectivity index (χ3n) is 4.85. The molecule has 1 fully saturated rings. The summed E-state index contributed by atoms with van der Waals surface area (Å²) in [5.74, 6) is 1.44. The van der Waals surface area contributed by atoms with Crippen LogP contribution in [0.3, 0.4) is 0 Å². The van der Waals surface area contributed by atoms with Gasteiger partial charge in [0.15, 0.2) is 0 Å². The van der Waals surface area contributed by atoms with E-state index >= 15 is 0 Å². The first kappa shape index (κ1) is 17.7. The predicted molar refractivity (Wildman–Crippen MR) is 96.0 cm³/mol. The van der Waals surface area contributed by atoms with Crippen molar-refractivity contribution in [3.05, 3.63) is 36.2 Å². The zero-order valence-electron chi connectivity index (χ0n) is 15.2. The number of aromatic nitrogens is 4. The summed E-state index contributed by atoms with van der Waals surface area (Å²) in [4.78, 5) is 19.1. The standard InChI is InChI=1S/C18H28N6O/c1-3-10-23(13-17-20-9-11-22(17)2)18(25)14-24-16(6-8-21-24)15-5-4-7-19-12-15/h6,8-9,11,15,19H,3-5,7,10,12-14H2,1-2H3/t15-/m0/s1. The van der Waals surface area contributed by atoms with Gasteiger partial charge in [-0.15, -0.1) is 0 Å². The van der Waals surface area contributed by atoms with Crippen LogP contribution in [-0.4, -0.2) is 49.8 Å². The van der Waals surface area contributed by atoms with E-state index in [1.165, 1.54) is 6.42 Å². The molecule has 0 aromatic carbocycles. The molecule has 2 aromatic heterocycles. The van der Waals surface area contributed by atoms with Gasteiger partial charge in [0.25, 0.3) is 0 Å². The third-order valence-corrected chi connectivity index (χ3v) is 4.85. The van der Waals surface area contributed by atoms with Gasteiger partial charge in [0.05, 0.1) is 6.54 Å². The first-order chi connectivity index (χ1) is 12.2. The van der Waals surface area contributed by atoms with E-state index in [1.807, 2.05) is 33.5 Å². The molecule has 1 aliphatic rings. The summed E-state index contributed by atoms with van der Waals surface area (Å²) >= 11 is 0. The second-order valence-corrected chi connectivity index (χ2v) is 6.73.